The minimum atomic E-state index is -3.37. The maximum absolute atomic E-state index is 12.4. The van der Waals surface area contributed by atoms with E-state index in [1.807, 2.05) is 0 Å². The first-order chi connectivity index (χ1) is 13.6. The van der Waals surface area contributed by atoms with Crippen molar-refractivity contribution in [2.45, 2.75) is 51.2 Å². The summed E-state index contributed by atoms with van der Waals surface area (Å²) in [5.74, 6) is -1.43. The van der Waals surface area contributed by atoms with E-state index in [0.29, 0.717) is 18.7 Å². The van der Waals surface area contributed by atoms with Gasteiger partial charge in [0.05, 0.1) is 17.5 Å². The van der Waals surface area contributed by atoms with Crippen LogP contribution in [0.3, 0.4) is 0 Å². The van der Waals surface area contributed by atoms with Crippen LogP contribution in [0.4, 0.5) is 10.5 Å². The van der Waals surface area contributed by atoms with Crippen molar-refractivity contribution in [3.63, 3.8) is 0 Å². The zero-order valence-corrected chi connectivity index (χ0v) is 17.3. The molecule has 0 aromatic heterocycles. The number of nitrogens with zero attached hydrogens (tertiary/aromatic N) is 1. The molecule has 2 N–H and O–H groups in total. The summed E-state index contributed by atoms with van der Waals surface area (Å²) in [6.45, 7) is 1.70. The van der Waals surface area contributed by atoms with Gasteiger partial charge in [0.1, 0.15) is 0 Å². The Morgan fingerprint density at radius 2 is 1.90 bits per heavy atom. The van der Waals surface area contributed by atoms with Gasteiger partial charge in [0, 0.05) is 12.6 Å². The molecule has 0 spiro atoms. The molecule has 1 aliphatic carbocycles. The highest BCUT2D eigenvalue weighted by Gasteiger charge is 2.28. The van der Waals surface area contributed by atoms with Crippen molar-refractivity contribution in [3.05, 3.63) is 29.3 Å². The molecule has 0 saturated heterocycles. The third kappa shape index (κ3) is 5.06. The summed E-state index contributed by atoms with van der Waals surface area (Å²) in [7, 11) is -3.37. The molecule has 1 fully saturated rings. The Morgan fingerprint density at radius 3 is 2.55 bits per heavy atom. The summed E-state index contributed by atoms with van der Waals surface area (Å²) in [4.78, 5) is 36.4. The highest BCUT2D eigenvalue weighted by Crippen LogP contribution is 2.31. The number of imide groups is 1. The highest BCUT2D eigenvalue weighted by atomic mass is 32.2. The Hall–Kier alpha value is -2.62. The van der Waals surface area contributed by atoms with E-state index < -0.39 is 34.0 Å². The van der Waals surface area contributed by atoms with Crippen LogP contribution >= 0.6 is 0 Å². The van der Waals surface area contributed by atoms with Crippen LogP contribution in [0.25, 0.3) is 0 Å². The largest absolute Gasteiger partial charge is 0.449 e. The number of hydrogen-bond acceptors (Lipinski definition) is 6. The Kier molecular flexibility index (Phi) is 6.11. The van der Waals surface area contributed by atoms with E-state index in [1.54, 1.807) is 12.1 Å². The molecule has 1 atom stereocenters. The molecule has 0 unspecified atom stereocenters. The number of sulfonamides is 1. The van der Waals surface area contributed by atoms with Crippen LogP contribution in [-0.4, -0.2) is 51.3 Å². The molecule has 3 rings (SSSR count). The van der Waals surface area contributed by atoms with Crippen LogP contribution in [0.5, 0.6) is 0 Å². The molecule has 158 valence electrons. The van der Waals surface area contributed by atoms with E-state index in [0.717, 1.165) is 37.5 Å². The van der Waals surface area contributed by atoms with Crippen LogP contribution in [-0.2, 0) is 26.0 Å². The predicted octanol–water partition coefficient (Wildman–Crippen LogP) is 1.32. The molecule has 10 heteroatoms. The van der Waals surface area contributed by atoms with Gasteiger partial charge >= 0.3 is 12.0 Å². The molecule has 29 heavy (non-hydrogen) atoms. The zero-order chi connectivity index (χ0) is 21.2. The van der Waals surface area contributed by atoms with Gasteiger partial charge in [-0.25, -0.2) is 18.0 Å². The van der Waals surface area contributed by atoms with Crippen LogP contribution < -0.4 is 14.9 Å². The van der Waals surface area contributed by atoms with Gasteiger partial charge in [0.2, 0.25) is 10.0 Å². The average molecular weight is 423 g/mol. The molecule has 9 nitrogen and oxygen atoms in total. The SMILES string of the molecule is C[C@H](OC(=O)c1ccc2c(c1)CCN2S(C)(=O)=O)C(=O)NC(=O)NC1CCCC1. The number of anilines is 1. The van der Waals surface area contributed by atoms with Crippen molar-refractivity contribution in [1.29, 1.82) is 0 Å². The third-order valence-corrected chi connectivity index (χ3v) is 6.33. The van der Waals surface area contributed by atoms with Crippen molar-refractivity contribution in [2.24, 2.45) is 0 Å². The maximum atomic E-state index is 12.4. The van der Waals surface area contributed by atoms with E-state index in [4.69, 9.17) is 4.74 Å². The van der Waals surface area contributed by atoms with E-state index in [9.17, 15) is 22.8 Å². The molecule has 0 radical (unpaired) electrons. The van der Waals surface area contributed by atoms with E-state index in [-0.39, 0.29) is 11.6 Å². The number of amides is 3. The first-order valence-corrected chi connectivity index (χ1v) is 11.4. The fourth-order valence-corrected chi connectivity index (χ4v) is 4.59. The lowest BCUT2D eigenvalue weighted by molar-refractivity contribution is -0.127. The third-order valence-electron chi connectivity index (χ3n) is 5.15. The monoisotopic (exact) mass is 423 g/mol. The van der Waals surface area contributed by atoms with E-state index >= 15 is 0 Å². The number of carbonyl (C=O) groups excluding carboxylic acids is 3. The Balaban J connectivity index is 1.57. The molecule has 3 amide bonds. The molecular weight excluding hydrogens is 398 g/mol. The van der Waals surface area contributed by atoms with Crippen LogP contribution in [0.1, 0.15) is 48.5 Å². The van der Waals surface area contributed by atoms with Gasteiger partial charge in [0.15, 0.2) is 6.10 Å². The molecule has 1 aromatic rings. The maximum Gasteiger partial charge on any atom is 0.338 e. The van der Waals surface area contributed by atoms with Gasteiger partial charge in [-0.1, -0.05) is 12.8 Å². The lowest BCUT2D eigenvalue weighted by Crippen LogP contribution is -2.47. The normalized spacial score (nSPS) is 17.5. The summed E-state index contributed by atoms with van der Waals surface area (Å²) in [5, 5.41) is 4.92. The topological polar surface area (TPSA) is 122 Å². The number of hydrogen-bond donors (Lipinski definition) is 2. The second kappa shape index (κ2) is 8.40. The Bertz CT molecular complexity index is 924. The smallest absolute Gasteiger partial charge is 0.338 e. The summed E-state index contributed by atoms with van der Waals surface area (Å²) in [6, 6.07) is 4.06. The lowest BCUT2D eigenvalue weighted by atomic mass is 10.1. The summed E-state index contributed by atoms with van der Waals surface area (Å²) in [5.41, 5.74) is 1.48. The second-order valence-electron chi connectivity index (χ2n) is 7.42. The highest BCUT2D eigenvalue weighted by molar-refractivity contribution is 7.92. The van der Waals surface area contributed by atoms with E-state index in [2.05, 4.69) is 10.6 Å². The van der Waals surface area contributed by atoms with Gasteiger partial charge < -0.3 is 10.1 Å². The average Bonchev–Trinajstić information content (AvgIpc) is 3.29. The fraction of sp³-hybridized carbons (Fsp3) is 0.526. The second-order valence-corrected chi connectivity index (χ2v) is 9.33. The van der Waals surface area contributed by atoms with Crippen molar-refractivity contribution >= 4 is 33.6 Å². The van der Waals surface area contributed by atoms with E-state index in [1.165, 1.54) is 17.3 Å². The summed E-state index contributed by atoms with van der Waals surface area (Å²) in [6.07, 6.45) is 4.35. The van der Waals surface area contributed by atoms with Crippen molar-refractivity contribution in [2.75, 3.05) is 17.1 Å². The number of nitrogens with one attached hydrogen (secondary N) is 2. The minimum absolute atomic E-state index is 0.0681. The van der Waals surface area contributed by atoms with Gasteiger partial charge in [-0.15, -0.1) is 0 Å². The van der Waals surface area contributed by atoms with Gasteiger partial charge in [0.25, 0.3) is 5.91 Å². The summed E-state index contributed by atoms with van der Waals surface area (Å²) >= 11 is 0. The minimum Gasteiger partial charge on any atom is -0.449 e. The molecule has 1 aromatic carbocycles. The van der Waals surface area contributed by atoms with Gasteiger partial charge in [-0.2, -0.15) is 0 Å². The zero-order valence-electron chi connectivity index (χ0n) is 16.4. The first-order valence-electron chi connectivity index (χ1n) is 9.58. The standard InChI is InChI=1S/C19H25N3O6S/c1-12(17(23)21-19(25)20-15-5-3-4-6-15)28-18(24)14-7-8-16-13(11-14)9-10-22(16)29(2,26)27/h7-8,11-12,15H,3-6,9-10H2,1-2H3,(H2,20,21,23,25)/t12-/m0/s1. The van der Waals surface area contributed by atoms with Gasteiger partial charge in [-0.05, 0) is 49.9 Å². The summed E-state index contributed by atoms with van der Waals surface area (Å²) < 4.78 is 30.0. The van der Waals surface area contributed by atoms with Crippen molar-refractivity contribution < 1.29 is 27.5 Å². The molecule has 1 aliphatic heterocycles. The number of rotatable bonds is 5. The van der Waals surface area contributed by atoms with Crippen LogP contribution in [0.15, 0.2) is 18.2 Å². The van der Waals surface area contributed by atoms with Crippen LogP contribution in [0, 0.1) is 0 Å². The number of ether oxygens (including phenoxy) is 1. The fourth-order valence-electron chi connectivity index (χ4n) is 3.63. The first kappa shape index (κ1) is 21.1. The molecule has 1 saturated carbocycles. The molecule has 2 aliphatic rings. The van der Waals surface area contributed by atoms with Crippen LogP contribution in [0.2, 0.25) is 0 Å². The van der Waals surface area contributed by atoms with Crippen molar-refractivity contribution in [1.82, 2.24) is 10.6 Å². The quantitative estimate of drug-likeness (QED) is 0.689. The number of carbonyl (C=O) groups is 3. The Labute approximate surface area is 169 Å². The molecule has 0 bridgehead atoms. The number of esters is 1. The number of benzene rings is 1. The predicted molar refractivity (Wildman–Crippen MR) is 106 cm³/mol. The number of fused-ring (bicyclic) bond motifs is 1. The molecule has 1 heterocycles. The lowest BCUT2D eigenvalue weighted by Gasteiger charge is -2.17. The van der Waals surface area contributed by atoms with Crippen molar-refractivity contribution in [3.8, 4) is 0 Å². The molecular formula is C19H25N3O6S. The van der Waals surface area contributed by atoms with Gasteiger partial charge in [-0.3, -0.25) is 14.4 Å². The number of urea groups is 1. The Morgan fingerprint density at radius 1 is 1.21 bits per heavy atom.